The second-order valence-electron chi connectivity index (χ2n) is 4.05. The Morgan fingerprint density at radius 3 is 2.40 bits per heavy atom. The Bertz CT molecular complexity index is 663. The molecule has 2 aromatic rings. The summed E-state index contributed by atoms with van der Waals surface area (Å²) in [6.07, 6.45) is 0. The van der Waals surface area contributed by atoms with Gasteiger partial charge in [-0.2, -0.15) is 0 Å². The van der Waals surface area contributed by atoms with Gasteiger partial charge in [0.15, 0.2) is 5.75 Å². The molecule has 0 heterocycles. The minimum atomic E-state index is -0.584. The summed E-state index contributed by atoms with van der Waals surface area (Å²) in [5.41, 5.74) is 0.970. The average molecular weight is 394 g/mol. The number of rotatable bonds is 2. The molecule has 2 rings (SSSR count). The molecule has 0 spiro atoms. The summed E-state index contributed by atoms with van der Waals surface area (Å²) in [6.45, 7) is 1.79. The minimum absolute atomic E-state index is 0.230. The maximum absolute atomic E-state index is 12.1. The molecule has 0 N–H and O–H groups in total. The van der Waals surface area contributed by atoms with Crippen LogP contribution in [0.2, 0.25) is 15.1 Å². The van der Waals surface area contributed by atoms with Gasteiger partial charge in [0.2, 0.25) is 0 Å². The van der Waals surface area contributed by atoms with E-state index >= 15 is 0 Å². The summed E-state index contributed by atoms with van der Waals surface area (Å²) >= 11 is 21.1. The highest BCUT2D eigenvalue weighted by Crippen LogP contribution is 2.33. The van der Waals surface area contributed by atoms with Crippen molar-refractivity contribution in [1.82, 2.24) is 0 Å². The maximum atomic E-state index is 12.1. The van der Waals surface area contributed by atoms with Gasteiger partial charge < -0.3 is 4.74 Å². The standard InChI is InChI=1S/C14H8BrCl3O2/c1-7-4-8(15)5-12(18)13(7)20-14(19)10-3-2-9(16)6-11(10)17/h2-6H,1H3. The van der Waals surface area contributed by atoms with Gasteiger partial charge in [0.05, 0.1) is 15.6 Å². The van der Waals surface area contributed by atoms with E-state index in [2.05, 4.69) is 15.9 Å². The number of esters is 1. The van der Waals surface area contributed by atoms with Gasteiger partial charge in [-0.3, -0.25) is 0 Å². The van der Waals surface area contributed by atoms with E-state index < -0.39 is 5.97 Å². The Kier molecular flexibility index (Phi) is 4.97. The number of benzene rings is 2. The fourth-order valence-electron chi connectivity index (χ4n) is 1.62. The van der Waals surface area contributed by atoms with Gasteiger partial charge >= 0.3 is 5.97 Å². The van der Waals surface area contributed by atoms with Crippen LogP contribution in [0.25, 0.3) is 0 Å². The quantitative estimate of drug-likeness (QED) is 0.466. The molecule has 0 amide bonds. The smallest absolute Gasteiger partial charge is 0.345 e. The number of hydrogen-bond acceptors (Lipinski definition) is 2. The molecule has 2 aromatic carbocycles. The van der Waals surface area contributed by atoms with Crippen molar-refractivity contribution in [2.24, 2.45) is 0 Å². The van der Waals surface area contributed by atoms with Gasteiger partial charge in [-0.25, -0.2) is 4.79 Å². The van der Waals surface area contributed by atoms with E-state index in [1.54, 1.807) is 25.1 Å². The van der Waals surface area contributed by atoms with Crippen LogP contribution < -0.4 is 4.74 Å². The minimum Gasteiger partial charge on any atom is -0.421 e. The molecule has 2 nitrogen and oxygen atoms in total. The second-order valence-corrected chi connectivity index (χ2v) is 6.21. The van der Waals surface area contributed by atoms with Crippen molar-refractivity contribution >= 4 is 56.7 Å². The van der Waals surface area contributed by atoms with Crippen LogP contribution in [0, 0.1) is 6.92 Å². The summed E-state index contributed by atoms with van der Waals surface area (Å²) in [5.74, 6) is -0.273. The highest BCUT2D eigenvalue weighted by molar-refractivity contribution is 9.10. The largest absolute Gasteiger partial charge is 0.421 e. The molecule has 6 heteroatoms. The molecular formula is C14H8BrCl3O2. The summed E-state index contributed by atoms with van der Waals surface area (Å²) in [7, 11) is 0. The molecule has 0 saturated heterocycles. The lowest BCUT2D eigenvalue weighted by molar-refractivity contribution is 0.0734. The zero-order valence-electron chi connectivity index (χ0n) is 10.2. The van der Waals surface area contributed by atoms with Crippen LogP contribution in [0.5, 0.6) is 5.75 Å². The Morgan fingerprint density at radius 2 is 1.80 bits per heavy atom. The fraction of sp³-hybridized carbons (Fsp3) is 0.0714. The third-order valence-corrected chi connectivity index (χ3v) is 3.83. The van der Waals surface area contributed by atoms with Crippen LogP contribution in [0.15, 0.2) is 34.8 Å². The first-order chi connectivity index (χ1) is 9.38. The molecule has 0 aromatic heterocycles. The zero-order chi connectivity index (χ0) is 14.9. The maximum Gasteiger partial charge on any atom is 0.345 e. The van der Waals surface area contributed by atoms with E-state index in [0.717, 1.165) is 10.0 Å². The third kappa shape index (κ3) is 3.47. The molecule has 0 bridgehead atoms. The predicted octanol–water partition coefficient (Wildman–Crippen LogP) is 5.94. The molecule has 0 fully saturated rings. The lowest BCUT2D eigenvalue weighted by Crippen LogP contribution is -2.10. The summed E-state index contributed by atoms with van der Waals surface area (Å²) < 4.78 is 6.13. The van der Waals surface area contributed by atoms with Crippen LogP contribution in [0.1, 0.15) is 15.9 Å². The SMILES string of the molecule is Cc1cc(Br)cc(Cl)c1OC(=O)c1ccc(Cl)cc1Cl. The van der Waals surface area contributed by atoms with Gasteiger partial charge in [0.25, 0.3) is 0 Å². The van der Waals surface area contributed by atoms with E-state index in [0.29, 0.717) is 15.8 Å². The van der Waals surface area contributed by atoms with E-state index in [9.17, 15) is 4.79 Å². The molecule has 0 radical (unpaired) electrons. The third-order valence-electron chi connectivity index (χ3n) is 2.54. The van der Waals surface area contributed by atoms with E-state index in [-0.39, 0.29) is 10.6 Å². The van der Waals surface area contributed by atoms with Gasteiger partial charge in [-0.1, -0.05) is 50.7 Å². The van der Waals surface area contributed by atoms with E-state index in [1.807, 2.05) is 0 Å². The van der Waals surface area contributed by atoms with Gasteiger partial charge in [0.1, 0.15) is 0 Å². The first-order valence-corrected chi connectivity index (χ1v) is 7.44. The highest BCUT2D eigenvalue weighted by Gasteiger charge is 2.16. The molecule has 0 saturated carbocycles. The van der Waals surface area contributed by atoms with Gasteiger partial charge in [-0.15, -0.1) is 0 Å². The number of aryl methyl sites for hydroxylation is 1. The van der Waals surface area contributed by atoms with Crippen LogP contribution in [0.3, 0.4) is 0 Å². The van der Waals surface area contributed by atoms with Crippen molar-refractivity contribution < 1.29 is 9.53 Å². The molecule has 20 heavy (non-hydrogen) atoms. The molecule has 0 aliphatic heterocycles. The van der Waals surface area contributed by atoms with Crippen molar-refractivity contribution in [3.05, 3.63) is 61.0 Å². The number of carbonyl (C=O) groups is 1. The zero-order valence-corrected chi connectivity index (χ0v) is 14.1. The highest BCUT2D eigenvalue weighted by atomic mass is 79.9. The Labute approximate surface area is 139 Å². The molecular weight excluding hydrogens is 386 g/mol. The average Bonchev–Trinajstić information content (AvgIpc) is 2.33. The van der Waals surface area contributed by atoms with Gasteiger partial charge in [-0.05, 0) is 42.8 Å². The van der Waals surface area contributed by atoms with Crippen LogP contribution in [0.4, 0.5) is 0 Å². The number of carbonyl (C=O) groups excluding carboxylic acids is 1. The van der Waals surface area contributed by atoms with Crippen molar-refractivity contribution in [1.29, 1.82) is 0 Å². The molecule has 0 aliphatic rings. The topological polar surface area (TPSA) is 26.3 Å². The monoisotopic (exact) mass is 392 g/mol. The fourth-order valence-corrected chi connectivity index (χ4v) is 3.12. The van der Waals surface area contributed by atoms with Crippen molar-refractivity contribution in [2.45, 2.75) is 6.92 Å². The first-order valence-electron chi connectivity index (χ1n) is 5.51. The van der Waals surface area contributed by atoms with Crippen LogP contribution in [-0.2, 0) is 0 Å². The summed E-state index contributed by atoms with van der Waals surface area (Å²) in [4.78, 5) is 12.1. The van der Waals surface area contributed by atoms with Crippen molar-refractivity contribution in [2.75, 3.05) is 0 Å². The lowest BCUT2D eigenvalue weighted by Gasteiger charge is -2.10. The van der Waals surface area contributed by atoms with Crippen molar-refractivity contribution in [3.8, 4) is 5.75 Å². The van der Waals surface area contributed by atoms with E-state index in [4.69, 9.17) is 39.5 Å². The van der Waals surface area contributed by atoms with E-state index in [1.165, 1.54) is 12.1 Å². The van der Waals surface area contributed by atoms with Crippen LogP contribution in [-0.4, -0.2) is 5.97 Å². The lowest BCUT2D eigenvalue weighted by atomic mass is 10.2. The number of ether oxygens (including phenoxy) is 1. The second kappa shape index (κ2) is 6.35. The molecule has 0 atom stereocenters. The Morgan fingerprint density at radius 1 is 1.10 bits per heavy atom. The van der Waals surface area contributed by atoms with Crippen LogP contribution >= 0.6 is 50.7 Å². The van der Waals surface area contributed by atoms with Gasteiger partial charge in [0, 0.05) is 9.50 Å². The number of hydrogen-bond donors (Lipinski definition) is 0. The number of halogens is 4. The molecule has 0 unspecified atom stereocenters. The summed E-state index contributed by atoms with van der Waals surface area (Å²) in [5, 5.41) is 1.02. The predicted molar refractivity (Wildman–Crippen MR) is 85.3 cm³/mol. The molecule has 104 valence electrons. The normalized spacial score (nSPS) is 10.4. The Balaban J connectivity index is 2.33. The van der Waals surface area contributed by atoms with Crippen molar-refractivity contribution in [3.63, 3.8) is 0 Å². The molecule has 0 aliphatic carbocycles. The summed E-state index contributed by atoms with van der Waals surface area (Å²) in [6, 6.07) is 8.02. The first kappa shape index (κ1) is 15.6. The Hall–Kier alpha value is -0.740.